The largest absolute Gasteiger partial charge is 0.497 e. The van der Waals surface area contributed by atoms with Crippen molar-refractivity contribution in [2.45, 2.75) is 18.2 Å². The SMILES string of the molecule is COc1ccc(S(=O)(=O)N(CCNc2cc(C)nc3ccc(Cl)cc23)CCC(=O)Nc2cc([N+](=O)[O-])ccc2N)cc1. The molecule has 0 spiro atoms. The van der Waals surface area contributed by atoms with Crippen molar-refractivity contribution in [2.24, 2.45) is 0 Å². The van der Waals surface area contributed by atoms with Crippen LogP contribution in [0.2, 0.25) is 5.02 Å². The van der Waals surface area contributed by atoms with E-state index in [2.05, 4.69) is 15.6 Å². The summed E-state index contributed by atoms with van der Waals surface area (Å²) < 4.78 is 33.6. The Kier molecular flexibility index (Phi) is 9.45. The smallest absolute Gasteiger partial charge is 0.271 e. The normalized spacial score (nSPS) is 11.4. The molecule has 12 nitrogen and oxygen atoms in total. The number of non-ortho nitro benzene ring substituents is 1. The average Bonchev–Trinajstić information content (AvgIpc) is 2.95. The fraction of sp³-hybridized carbons (Fsp3) is 0.214. The summed E-state index contributed by atoms with van der Waals surface area (Å²) in [6.07, 6.45) is -0.232. The monoisotopic (exact) mass is 612 g/mol. The van der Waals surface area contributed by atoms with Crippen LogP contribution >= 0.6 is 11.6 Å². The Labute approximate surface area is 247 Å². The van der Waals surface area contributed by atoms with E-state index in [9.17, 15) is 23.3 Å². The second-order valence-electron chi connectivity index (χ2n) is 9.31. The molecule has 4 rings (SSSR count). The van der Waals surface area contributed by atoms with Crippen LogP contribution in [0.1, 0.15) is 12.1 Å². The van der Waals surface area contributed by atoms with Crippen LogP contribution in [0.4, 0.5) is 22.7 Å². The number of carbonyl (C=O) groups is 1. The van der Waals surface area contributed by atoms with Crippen LogP contribution in [-0.4, -0.2) is 55.3 Å². The van der Waals surface area contributed by atoms with E-state index < -0.39 is 20.9 Å². The Morgan fingerprint density at radius 1 is 1.07 bits per heavy atom. The molecule has 0 fully saturated rings. The summed E-state index contributed by atoms with van der Waals surface area (Å²) in [5.41, 5.74) is 8.08. The first-order chi connectivity index (χ1) is 20.0. The van der Waals surface area contributed by atoms with Crippen LogP contribution in [0.15, 0.2) is 71.6 Å². The second-order valence-corrected chi connectivity index (χ2v) is 11.7. The number of anilines is 3. The molecule has 14 heteroatoms. The first-order valence-corrected chi connectivity index (χ1v) is 14.6. The van der Waals surface area contributed by atoms with Gasteiger partial charge in [0.2, 0.25) is 15.9 Å². The van der Waals surface area contributed by atoms with Gasteiger partial charge in [-0.2, -0.15) is 4.31 Å². The quantitative estimate of drug-likeness (QED) is 0.115. The standard InChI is InChI=1S/C28H29ClN6O6S/c1-18-15-26(23-16-19(29)3-10-25(23)32-18)31-12-14-34(42(39,40)22-7-5-21(41-2)6-8-22)13-11-28(36)33-27-17-20(35(37)38)4-9-24(27)30/h3-10,15-17H,11-14,30H2,1-2H3,(H,31,32)(H,33,36). The van der Waals surface area contributed by atoms with Gasteiger partial charge in [0.05, 0.1) is 33.8 Å². The summed E-state index contributed by atoms with van der Waals surface area (Å²) in [4.78, 5) is 27.9. The van der Waals surface area contributed by atoms with Gasteiger partial charge in [0.1, 0.15) is 5.75 Å². The Hall–Kier alpha value is -4.46. The summed E-state index contributed by atoms with van der Waals surface area (Å²) in [6.45, 7) is 1.91. The van der Waals surface area contributed by atoms with Gasteiger partial charge in [0, 0.05) is 60.0 Å². The van der Waals surface area contributed by atoms with Gasteiger partial charge in [-0.25, -0.2) is 8.42 Å². The molecule has 4 N–H and O–H groups in total. The Bertz CT molecular complexity index is 1730. The maximum absolute atomic E-state index is 13.6. The molecule has 1 aromatic heterocycles. The lowest BCUT2D eigenvalue weighted by atomic mass is 10.1. The number of aromatic nitrogens is 1. The van der Waals surface area contributed by atoms with E-state index in [0.29, 0.717) is 10.8 Å². The topological polar surface area (TPSA) is 170 Å². The van der Waals surface area contributed by atoms with Crippen molar-refractivity contribution < 1.29 is 22.9 Å². The average molecular weight is 613 g/mol. The van der Waals surface area contributed by atoms with Crippen LogP contribution in [0, 0.1) is 17.0 Å². The maximum Gasteiger partial charge on any atom is 0.271 e. The van der Waals surface area contributed by atoms with E-state index in [0.717, 1.165) is 28.4 Å². The lowest BCUT2D eigenvalue weighted by molar-refractivity contribution is -0.384. The molecule has 0 aliphatic heterocycles. The number of sulfonamides is 1. The molecule has 0 saturated heterocycles. The number of nitrogens with zero attached hydrogens (tertiary/aromatic N) is 3. The van der Waals surface area contributed by atoms with E-state index in [4.69, 9.17) is 22.1 Å². The highest BCUT2D eigenvalue weighted by Crippen LogP contribution is 2.27. The molecule has 4 aromatic rings. The molecular formula is C28H29ClN6O6S. The number of methoxy groups -OCH3 is 1. The number of nitrogens with two attached hydrogens (primary N) is 1. The van der Waals surface area contributed by atoms with Crippen LogP contribution in [-0.2, 0) is 14.8 Å². The molecule has 0 aliphatic rings. The van der Waals surface area contributed by atoms with Crippen molar-refractivity contribution in [1.82, 2.24) is 9.29 Å². The summed E-state index contributed by atoms with van der Waals surface area (Å²) in [5.74, 6) is -0.0647. The number of halogens is 1. The predicted molar refractivity (Wildman–Crippen MR) is 162 cm³/mol. The van der Waals surface area contributed by atoms with Gasteiger partial charge in [0.25, 0.3) is 5.69 Å². The minimum atomic E-state index is -4.02. The molecule has 220 valence electrons. The number of nitro benzene ring substituents is 1. The number of ether oxygens (including phenoxy) is 1. The number of carbonyl (C=O) groups excluding carboxylic acids is 1. The minimum absolute atomic E-state index is 0.0179. The summed E-state index contributed by atoms with van der Waals surface area (Å²) in [5, 5.41) is 18.3. The Morgan fingerprint density at radius 3 is 2.50 bits per heavy atom. The number of rotatable bonds is 12. The molecule has 0 unspecified atom stereocenters. The van der Waals surface area contributed by atoms with Crippen LogP contribution in [0.5, 0.6) is 5.75 Å². The highest BCUT2D eigenvalue weighted by molar-refractivity contribution is 7.89. The third-order valence-electron chi connectivity index (χ3n) is 6.38. The van der Waals surface area contributed by atoms with E-state index in [1.165, 1.54) is 47.8 Å². The molecule has 0 bridgehead atoms. The van der Waals surface area contributed by atoms with Gasteiger partial charge < -0.3 is 21.1 Å². The zero-order valence-electron chi connectivity index (χ0n) is 22.8. The van der Waals surface area contributed by atoms with Crippen LogP contribution < -0.4 is 21.1 Å². The zero-order valence-corrected chi connectivity index (χ0v) is 24.4. The summed E-state index contributed by atoms with van der Waals surface area (Å²) >= 11 is 6.20. The van der Waals surface area contributed by atoms with Gasteiger partial charge >= 0.3 is 0 Å². The van der Waals surface area contributed by atoms with Crippen LogP contribution in [0.3, 0.4) is 0 Å². The molecule has 0 atom stereocenters. The molecule has 42 heavy (non-hydrogen) atoms. The lowest BCUT2D eigenvalue weighted by Gasteiger charge is -2.23. The number of benzene rings is 3. The highest BCUT2D eigenvalue weighted by atomic mass is 35.5. The second kappa shape index (κ2) is 13.0. The van der Waals surface area contributed by atoms with Crippen molar-refractivity contribution in [2.75, 3.05) is 43.1 Å². The number of nitro groups is 1. The van der Waals surface area contributed by atoms with E-state index in [-0.39, 0.29) is 48.0 Å². The van der Waals surface area contributed by atoms with Gasteiger partial charge in [-0.3, -0.25) is 19.9 Å². The fourth-order valence-corrected chi connectivity index (χ4v) is 5.86. The van der Waals surface area contributed by atoms with Crippen LogP contribution in [0.25, 0.3) is 10.9 Å². The number of hydrogen-bond donors (Lipinski definition) is 3. The van der Waals surface area contributed by atoms with Crippen molar-refractivity contribution in [3.8, 4) is 5.75 Å². The highest BCUT2D eigenvalue weighted by Gasteiger charge is 2.25. The number of amides is 1. The minimum Gasteiger partial charge on any atom is -0.497 e. The number of fused-ring (bicyclic) bond motifs is 1. The number of aryl methyl sites for hydroxylation is 1. The number of nitrogen functional groups attached to an aromatic ring is 1. The fourth-order valence-electron chi connectivity index (χ4n) is 4.25. The van der Waals surface area contributed by atoms with Crippen molar-refractivity contribution in [3.05, 3.63) is 87.6 Å². The molecule has 1 heterocycles. The van der Waals surface area contributed by atoms with E-state index in [1.807, 2.05) is 19.1 Å². The number of pyridine rings is 1. The number of nitrogens with one attached hydrogen (secondary N) is 2. The summed E-state index contributed by atoms with van der Waals surface area (Å²) in [6, 6.07) is 16.8. The van der Waals surface area contributed by atoms with Gasteiger partial charge in [0.15, 0.2) is 0 Å². The van der Waals surface area contributed by atoms with E-state index >= 15 is 0 Å². The van der Waals surface area contributed by atoms with E-state index in [1.54, 1.807) is 12.1 Å². The summed E-state index contributed by atoms with van der Waals surface area (Å²) in [7, 11) is -2.54. The van der Waals surface area contributed by atoms with Gasteiger partial charge in [-0.05, 0) is 61.5 Å². The van der Waals surface area contributed by atoms with Crippen molar-refractivity contribution in [1.29, 1.82) is 0 Å². The Balaban J connectivity index is 1.53. The third-order valence-corrected chi connectivity index (χ3v) is 8.53. The Morgan fingerprint density at radius 2 is 1.81 bits per heavy atom. The predicted octanol–water partition coefficient (Wildman–Crippen LogP) is 4.83. The molecule has 0 radical (unpaired) electrons. The maximum atomic E-state index is 13.6. The van der Waals surface area contributed by atoms with Crippen molar-refractivity contribution in [3.63, 3.8) is 0 Å². The first kappa shape index (κ1) is 30.5. The molecule has 0 saturated carbocycles. The van der Waals surface area contributed by atoms with Gasteiger partial charge in [-0.1, -0.05) is 11.6 Å². The third kappa shape index (κ3) is 7.24. The number of hydrogen-bond acceptors (Lipinski definition) is 9. The molecular weight excluding hydrogens is 584 g/mol. The first-order valence-electron chi connectivity index (χ1n) is 12.8. The molecule has 0 aliphatic carbocycles. The van der Waals surface area contributed by atoms with Gasteiger partial charge in [-0.15, -0.1) is 0 Å². The zero-order chi connectivity index (χ0) is 30.4. The lowest BCUT2D eigenvalue weighted by Crippen LogP contribution is -2.37. The molecule has 1 amide bonds. The van der Waals surface area contributed by atoms with Crippen molar-refractivity contribution >= 4 is 61.2 Å². The molecule has 3 aromatic carbocycles.